The number of rotatable bonds is 3. The highest BCUT2D eigenvalue weighted by Gasteiger charge is 2.48. The van der Waals surface area contributed by atoms with Crippen molar-refractivity contribution in [1.29, 1.82) is 0 Å². The highest BCUT2D eigenvalue weighted by atomic mass is 16.3. The molecular weight excluding hydrogens is 384 g/mol. The number of amides is 1. The number of aliphatic hydroxyl groups is 1. The van der Waals surface area contributed by atoms with Crippen molar-refractivity contribution in [2.45, 2.75) is 12.0 Å². The zero-order valence-corrected chi connectivity index (χ0v) is 16.0. The second kappa shape index (κ2) is 6.56. The molecule has 1 amide bonds. The summed E-state index contributed by atoms with van der Waals surface area (Å²) in [5.41, 5.74) is 7.26. The second-order valence-corrected chi connectivity index (χ2v) is 7.20. The second-order valence-electron chi connectivity index (χ2n) is 7.20. The van der Waals surface area contributed by atoms with E-state index in [1.54, 1.807) is 19.2 Å². The van der Waals surface area contributed by atoms with Gasteiger partial charge in [0.1, 0.15) is 13.2 Å². The fourth-order valence-corrected chi connectivity index (χ4v) is 3.54. The SMILES string of the molecule is [2H]c1nc(N)c2nc(-c3cccc(-c4n[nH]c(C5(O)CCN(C)C5=O)n4)c3)ccc2n1. The molecule has 1 fully saturated rings. The van der Waals surface area contributed by atoms with E-state index in [1.807, 2.05) is 24.3 Å². The zero-order chi connectivity index (χ0) is 21.8. The molecule has 4 N–H and O–H groups in total. The Morgan fingerprint density at radius 3 is 2.87 bits per heavy atom. The quantitative estimate of drug-likeness (QED) is 0.461. The minimum absolute atomic E-state index is 0.127. The number of hydrogen-bond acceptors (Lipinski definition) is 8. The number of likely N-dealkylation sites (N-methyl/N-ethyl adjacent to an activating group) is 1. The Morgan fingerprint density at radius 1 is 1.23 bits per heavy atom. The van der Waals surface area contributed by atoms with Gasteiger partial charge < -0.3 is 15.7 Å². The minimum atomic E-state index is -1.69. The smallest absolute Gasteiger partial charge is 0.262 e. The van der Waals surface area contributed by atoms with Crippen molar-refractivity contribution in [2.75, 3.05) is 19.3 Å². The first-order valence-electron chi connectivity index (χ1n) is 9.78. The molecule has 0 spiro atoms. The average molecular weight is 403 g/mol. The van der Waals surface area contributed by atoms with E-state index in [1.165, 1.54) is 4.90 Å². The lowest BCUT2D eigenvalue weighted by molar-refractivity contribution is -0.143. The van der Waals surface area contributed by atoms with E-state index < -0.39 is 11.5 Å². The van der Waals surface area contributed by atoms with Crippen LogP contribution in [0.3, 0.4) is 0 Å². The molecule has 1 unspecified atom stereocenters. The number of H-pyrrole nitrogens is 1. The number of aromatic amines is 1. The number of carbonyl (C=O) groups excluding carboxylic acids is 1. The maximum Gasteiger partial charge on any atom is 0.262 e. The molecule has 4 aromatic rings. The molecule has 10 heteroatoms. The minimum Gasteiger partial charge on any atom is -0.382 e. The molecule has 0 bridgehead atoms. The molecule has 1 aliphatic heterocycles. The van der Waals surface area contributed by atoms with Crippen molar-refractivity contribution in [3.63, 3.8) is 0 Å². The van der Waals surface area contributed by atoms with Gasteiger partial charge in [0.2, 0.25) is 5.60 Å². The van der Waals surface area contributed by atoms with Gasteiger partial charge in [-0.25, -0.2) is 19.9 Å². The highest BCUT2D eigenvalue weighted by Crippen LogP contribution is 2.32. The average Bonchev–Trinajstić information content (AvgIpc) is 3.36. The largest absolute Gasteiger partial charge is 0.382 e. The van der Waals surface area contributed by atoms with E-state index in [0.29, 0.717) is 34.7 Å². The first kappa shape index (κ1) is 17.0. The van der Waals surface area contributed by atoms with Crippen LogP contribution in [0.25, 0.3) is 33.7 Å². The van der Waals surface area contributed by atoms with Crippen molar-refractivity contribution in [3.05, 3.63) is 48.5 Å². The number of nitrogens with zero attached hydrogens (tertiary/aromatic N) is 6. The molecule has 1 atom stereocenters. The number of nitrogens with one attached hydrogen (secondary N) is 1. The summed E-state index contributed by atoms with van der Waals surface area (Å²) in [4.78, 5) is 30.6. The molecule has 5 rings (SSSR count). The Balaban J connectivity index is 1.51. The third-order valence-corrected chi connectivity index (χ3v) is 5.26. The van der Waals surface area contributed by atoms with Crippen LogP contribution in [-0.2, 0) is 10.4 Å². The Kier molecular flexibility index (Phi) is 3.71. The van der Waals surface area contributed by atoms with E-state index >= 15 is 0 Å². The monoisotopic (exact) mass is 403 g/mol. The number of benzene rings is 1. The van der Waals surface area contributed by atoms with Gasteiger partial charge in [0.05, 0.1) is 11.2 Å². The van der Waals surface area contributed by atoms with Crippen molar-refractivity contribution < 1.29 is 11.3 Å². The number of nitrogen functional groups attached to an aromatic ring is 1. The molecular formula is C20H18N8O2. The lowest BCUT2D eigenvalue weighted by Crippen LogP contribution is -2.37. The summed E-state index contributed by atoms with van der Waals surface area (Å²) in [7, 11) is 1.64. The molecule has 0 saturated carbocycles. The van der Waals surface area contributed by atoms with Gasteiger partial charge in [0.15, 0.2) is 17.5 Å². The maximum atomic E-state index is 12.3. The first-order chi connectivity index (χ1) is 14.8. The van der Waals surface area contributed by atoms with Crippen LogP contribution in [0, 0.1) is 0 Å². The summed E-state index contributed by atoms with van der Waals surface area (Å²) in [5.74, 6) is 0.225. The summed E-state index contributed by atoms with van der Waals surface area (Å²) in [6, 6.07) is 10.9. The molecule has 30 heavy (non-hydrogen) atoms. The van der Waals surface area contributed by atoms with Gasteiger partial charge in [-0.15, -0.1) is 0 Å². The van der Waals surface area contributed by atoms with Gasteiger partial charge in [-0.2, -0.15) is 5.10 Å². The Labute approximate surface area is 172 Å². The van der Waals surface area contributed by atoms with Crippen LogP contribution in [0.4, 0.5) is 5.82 Å². The van der Waals surface area contributed by atoms with Gasteiger partial charge in [0, 0.05) is 31.1 Å². The molecule has 150 valence electrons. The van der Waals surface area contributed by atoms with E-state index in [4.69, 9.17) is 7.10 Å². The number of anilines is 1. The number of pyridine rings is 1. The van der Waals surface area contributed by atoms with E-state index in [-0.39, 0.29) is 24.4 Å². The standard InChI is InChI=1S/C20H18N8O2/c1-28-8-7-20(30,19(28)29)18-25-17(26-27-18)12-4-2-3-11(9-12)13-5-6-14-15(24-13)16(21)23-10-22-14/h2-6,9-10,30H,7-8H2,1H3,(H2,21,22,23)(H,25,26,27)/i10D. The predicted molar refractivity (Wildman–Crippen MR) is 109 cm³/mol. The number of hydrogen-bond donors (Lipinski definition) is 3. The molecule has 4 heterocycles. The summed E-state index contributed by atoms with van der Waals surface area (Å²) in [6.07, 6.45) is 0.0946. The number of aromatic nitrogens is 6. The lowest BCUT2D eigenvalue weighted by Gasteiger charge is -2.17. The maximum absolute atomic E-state index is 12.3. The number of nitrogens with two attached hydrogens (primary N) is 1. The molecule has 1 aliphatic rings. The first-order valence-corrected chi connectivity index (χ1v) is 9.28. The lowest BCUT2D eigenvalue weighted by atomic mass is 10.0. The summed E-state index contributed by atoms with van der Waals surface area (Å²) in [5, 5.41) is 17.7. The Morgan fingerprint density at radius 2 is 2.07 bits per heavy atom. The highest BCUT2D eigenvalue weighted by molar-refractivity contribution is 5.87. The topological polar surface area (TPSA) is 147 Å². The van der Waals surface area contributed by atoms with Gasteiger partial charge in [-0.3, -0.25) is 9.89 Å². The number of likely N-dealkylation sites (tertiary alicyclic amines) is 1. The fourth-order valence-electron chi connectivity index (χ4n) is 3.54. The predicted octanol–water partition coefficient (Wildman–Crippen LogP) is 1.11. The van der Waals surface area contributed by atoms with Gasteiger partial charge in [-0.1, -0.05) is 18.2 Å². The van der Waals surface area contributed by atoms with Gasteiger partial charge in [-0.05, 0) is 18.2 Å². The van der Waals surface area contributed by atoms with Crippen LogP contribution in [0.2, 0.25) is 0 Å². The summed E-state index contributed by atoms with van der Waals surface area (Å²) < 4.78 is 7.57. The van der Waals surface area contributed by atoms with Gasteiger partial charge in [0.25, 0.3) is 5.91 Å². The normalized spacial score (nSPS) is 19.5. The summed E-state index contributed by atoms with van der Waals surface area (Å²) in [6.45, 7) is 0.447. The van der Waals surface area contributed by atoms with Crippen LogP contribution in [0.15, 0.2) is 42.7 Å². The fraction of sp³-hybridized carbons (Fsp3) is 0.200. The Bertz CT molecular complexity index is 1340. The number of fused-ring (bicyclic) bond motifs is 1. The molecule has 1 aromatic carbocycles. The number of carbonyl (C=O) groups is 1. The summed E-state index contributed by atoms with van der Waals surface area (Å²) >= 11 is 0. The van der Waals surface area contributed by atoms with Crippen molar-refractivity contribution in [1.82, 2.24) is 35.0 Å². The van der Waals surface area contributed by atoms with Gasteiger partial charge >= 0.3 is 0 Å². The molecule has 10 nitrogen and oxygen atoms in total. The third-order valence-electron chi connectivity index (χ3n) is 5.26. The van der Waals surface area contributed by atoms with Crippen LogP contribution in [0.5, 0.6) is 0 Å². The van der Waals surface area contributed by atoms with E-state index in [0.717, 1.165) is 5.56 Å². The molecule has 3 aromatic heterocycles. The molecule has 1 saturated heterocycles. The van der Waals surface area contributed by atoms with Crippen molar-refractivity contribution >= 4 is 22.8 Å². The Hall–Kier alpha value is -3.92. The van der Waals surface area contributed by atoms with Crippen LogP contribution < -0.4 is 5.73 Å². The molecule has 0 radical (unpaired) electrons. The van der Waals surface area contributed by atoms with E-state index in [2.05, 4.69) is 30.1 Å². The van der Waals surface area contributed by atoms with Crippen LogP contribution >= 0.6 is 0 Å². The zero-order valence-electron chi connectivity index (χ0n) is 17.0. The van der Waals surface area contributed by atoms with Crippen molar-refractivity contribution in [2.24, 2.45) is 0 Å². The van der Waals surface area contributed by atoms with E-state index in [9.17, 15) is 9.90 Å². The van der Waals surface area contributed by atoms with Crippen LogP contribution in [0.1, 0.15) is 13.6 Å². The van der Waals surface area contributed by atoms with Crippen molar-refractivity contribution in [3.8, 4) is 22.6 Å². The third kappa shape index (κ3) is 2.77. The molecule has 0 aliphatic carbocycles. The van der Waals surface area contributed by atoms with Crippen LogP contribution in [-0.4, -0.2) is 59.6 Å².